The molecule has 0 aliphatic carbocycles. The fourth-order valence-electron chi connectivity index (χ4n) is 3.04. The van der Waals surface area contributed by atoms with E-state index in [9.17, 15) is 21.6 Å². The van der Waals surface area contributed by atoms with E-state index in [0.29, 0.717) is 5.69 Å². The van der Waals surface area contributed by atoms with E-state index in [4.69, 9.17) is 23.2 Å². The van der Waals surface area contributed by atoms with Crippen molar-refractivity contribution in [2.45, 2.75) is 17.9 Å². The van der Waals surface area contributed by atoms with E-state index in [1.54, 1.807) is 12.1 Å². The van der Waals surface area contributed by atoms with Gasteiger partial charge < -0.3 is 5.32 Å². The second-order valence-electron chi connectivity index (χ2n) is 7.19. The highest BCUT2D eigenvalue weighted by Gasteiger charge is 2.31. The molecular formula is C21H20Cl2N4O5S2. The summed E-state index contributed by atoms with van der Waals surface area (Å²) in [6.07, 6.45) is 3.83. The molecular weight excluding hydrogens is 523 g/mol. The first-order valence-corrected chi connectivity index (χ1v) is 13.8. The fraction of sp³-hybridized carbons (Fsp3) is 0.143. The van der Waals surface area contributed by atoms with Crippen LogP contribution in [0.25, 0.3) is 0 Å². The highest BCUT2D eigenvalue weighted by atomic mass is 35.5. The number of carbonyl (C=O) groups is 1. The Kier molecular flexibility index (Phi) is 7.71. The lowest BCUT2D eigenvalue weighted by molar-refractivity contribution is -0.116. The molecule has 34 heavy (non-hydrogen) atoms. The number of hydrogen-bond acceptors (Lipinski definition) is 6. The lowest BCUT2D eigenvalue weighted by atomic mass is 10.2. The first-order valence-electron chi connectivity index (χ1n) is 9.67. The molecule has 0 saturated carbocycles. The molecule has 0 unspecified atom stereocenters. The van der Waals surface area contributed by atoms with Crippen molar-refractivity contribution in [1.29, 1.82) is 0 Å². The molecule has 1 heterocycles. The van der Waals surface area contributed by atoms with E-state index in [1.807, 2.05) is 0 Å². The van der Waals surface area contributed by atoms with Crippen LogP contribution in [0.15, 0.2) is 71.9 Å². The number of hydrogen-bond donors (Lipinski definition) is 2. The number of aromatic nitrogens is 1. The van der Waals surface area contributed by atoms with Gasteiger partial charge in [-0.05, 0) is 61.5 Å². The molecule has 0 fully saturated rings. The molecule has 0 saturated heterocycles. The first kappa shape index (κ1) is 25.8. The minimum absolute atomic E-state index is 0.0362. The minimum atomic E-state index is -3.91. The molecule has 9 nitrogen and oxygen atoms in total. The molecule has 2 aromatic carbocycles. The van der Waals surface area contributed by atoms with Crippen LogP contribution in [0.4, 0.5) is 17.1 Å². The summed E-state index contributed by atoms with van der Waals surface area (Å²) in [5, 5.41) is 2.93. The van der Waals surface area contributed by atoms with Gasteiger partial charge >= 0.3 is 0 Å². The maximum Gasteiger partial charge on any atom is 0.261 e. The number of nitrogens with zero attached hydrogens (tertiary/aromatic N) is 2. The van der Waals surface area contributed by atoms with Crippen molar-refractivity contribution in [2.24, 2.45) is 0 Å². The number of nitrogens with one attached hydrogen (secondary N) is 2. The van der Waals surface area contributed by atoms with E-state index < -0.39 is 32.0 Å². The molecule has 0 aliphatic heterocycles. The van der Waals surface area contributed by atoms with Crippen LogP contribution in [0.2, 0.25) is 10.0 Å². The zero-order valence-electron chi connectivity index (χ0n) is 17.9. The number of benzene rings is 2. The highest BCUT2D eigenvalue weighted by molar-refractivity contribution is 7.92. The normalized spacial score (nSPS) is 12.6. The van der Waals surface area contributed by atoms with Gasteiger partial charge in [-0.25, -0.2) is 16.8 Å². The summed E-state index contributed by atoms with van der Waals surface area (Å²) in [5.41, 5.74) is 0.624. The molecule has 0 bridgehead atoms. The predicted octanol–water partition coefficient (Wildman–Crippen LogP) is 3.98. The molecule has 0 spiro atoms. The van der Waals surface area contributed by atoms with Crippen molar-refractivity contribution in [3.05, 3.63) is 77.0 Å². The number of pyridine rings is 1. The molecule has 13 heteroatoms. The van der Waals surface area contributed by atoms with Gasteiger partial charge in [0.1, 0.15) is 6.04 Å². The topological polar surface area (TPSA) is 126 Å². The van der Waals surface area contributed by atoms with Crippen molar-refractivity contribution in [3.63, 3.8) is 0 Å². The van der Waals surface area contributed by atoms with Gasteiger partial charge in [0.2, 0.25) is 15.9 Å². The van der Waals surface area contributed by atoms with Crippen LogP contribution in [-0.2, 0) is 24.8 Å². The summed E-state index contributed by atoms with van der Waals surface area (Å²) in [6.45, 7) is 1.39. The molecule has 2 N–H and O–H groups in total. The molecule has 180 valence electrons. The van der Waals surface area contributed by atoms with Crippen LogP contribution < -0.4 is 14.3 Å². The van der Waals surface area contributed by atoms with Gasteiger partial charge in [0.15, 0.2) is 0 Å². The molecule has 0 radical (unpaired) electrons. The van der Waals surface area contributed by atoms with Crippen LogP contribution in [0, 0.1) is 0 Å². The van der Waals surface area contributed by atoms with Crippen molar-refractivity contribution >= 4 is 66.2 Å². The summed E-state index contributed by atoms with van der Waals surface area (Å²) in [4.78, 5) is 16.7. The SMILES string of the molecule is C[C@@H](C(=O)Nc1ccc(S(=O)(=O)Nc2cccnc2)cc1)N(c1cc(Cl)ccc1Cl)S(C)(=O)=O. The summed E-state index contributed by atoms with van der Waals surface area (Å²) in [7, 11) is -7.78. The van der Waals surface area contributed by atoms with Crippen LogP contribution in [0.3, 0.4) is 0 Å². The van der Waals surface area contributed by atoms with Gasteiger partial charge in [-0.3, -0.25) is 18.8 Å². The van der Waals surface area contributed by atoms with Crippen LogP contribution in [-0.4, -0.2) is 40.0 Å². The molecule has 3 rings (SSSR count). The quantitative estimate of drug-likeness (QED) is 0.443. The molecule has 1 aromatic heterocycles. The number of rotatable bonds is 8. The van der Waals surface area contributed by atoms with Crippen molar-refractivity contribution in [1.82, 2.24) is 4.98 Å². The van der Waals surface area contributed by atoms with Crippen molar-refractivity contribution in [3.8, 4) is 0 Å². The monoisotopic (exact) mass is 542 g/mol. The zero-order chi connectivity index (χ0) is 25.1. The van der Waals surface area contributed by atoms with E-state index in [1.165, 1.54) is 61.8 Å². The number of sulfonamides is 2. The maximum atomic E-state index is 12.9. The Morgan fingerprint density at radius 2 is 1.68 bits per heavy atom. The summed E-state index contributed by atoms with van der Waals surface area (Å²) in [5.74, 6) is -0.662. The van der Waals surface area contributed by atoms with Crippen molar-refractivity contribution in [2.75, 3.05) is 20.6 Å². The average Bonchev–Trinajstić information content (AvgIpc) is 2.76. The number of carbonyl (C=O) groups excluding carboxylic acids is 1. The van der Waals surface area contributed by atoms with Gasteiger partial charge in [-0.2, -0.15) is 0 Å². The lowest BCUT2D eigenvalue weighted by Crippen LogP contribution is -2.45. The van der Waals surface area contributed by atoms with Gasteiger partial charge in [0.25, 0.3) is 10.0 Å². The van der Waals surface area contributed by atoms with Crippen molar-refractivity contribution < 1.29 is 21.6 Å². The Morgan fingerprint density at radius 3 is 2.26 bits per heavy atom. The third-order valence-corrected chi connectivity index (χ3v) is 7.76. The van der Waals surface area contributed by atoms with Gasteiger partial charge in [0, 0.05) is 16.9 Å². The third-order valence-electron chi connectivity index (χ3n) is 4.58. The van der Waals surface area contributed by atoms with Gasteiger partial charge in [-0.1, -0.05) is 23.2 Å². The van der Waals surface area contributed by atoms with Crippen LogP contribution in [0.1, 0.15) is 6.92 Å². The summed E-state index contributed by atoms with van der Waals surface area (Å²) in [6, 6.07) is 11.6. The predicted molar refractivity (Wildman–Crippen MR) is 133 cm³/mol. The fourth-order valence-corrected chi connectivity index (χ4v) is 5.68. The highest BCUT2D eigenvalue weighted by Crippen LogP contribution is 2.32. The van der Waals surface area contributed by atoms with E-state index in [2.05, 4.69) is 15.0 Å². The van der Waals surface area contributed by atoms with Gasteiger partial charge in [0.05, 0.1) is 33.7 Å². The standard InChI is InChI=1S/C21H20Cl2N4O5S2/c1-14(27(33(2,29)30)20-12-15(22)5-10-19(20)23)21(28)25-16-6-8-18(9-7-16)34(31,32)26-17-4-3-11-24-13-17/h3-14,26H,1-2H3,(H,25,28)/t14-/m0/s1. The third kappa shape index (κ3) is 6.17. The minimum Gasteiger partial charge on any atom is -0.324 e. The molecule has 0 aliphatic rings. The largest absolute Gasteiger partial charge is 0.324 e. The summed E-state index contributed by atoms with van der Waals surface area (Å²) >= 11 is 12.2. The van der Waals surface area contributed by atoms with E-state index >= 15 is 0 Å². The average molecular weight is 543 g/mol. The van der Waals surface area contributed by atoms with Crippen LogP contribution >= 0.6 is 23.2 Å². The zero-order valence-corrected chi connectivity index (χ0v) is 21.1. The lowest BCUT2D eigenvalue weighted by Gasteiger charge is -2.29. The second-order valence-corrected chi connectivity index (χ2v) is 11.6. The van der Waals surface area contributed by atoms with E-state index in [0.717, 1.165) is 10.6 Å². The van der Waals surface area contributed by atoms with Crippen LogP contribution in [0.5, 0.6) is 0 Å². The van der Waals surface area contributed by atoms with Gasteiger partial charge in [-0.15, -0.1) is 0 Å². The number of halogens is 2. The molecule has 1 atom stereocenters. The first-order chi connectivity index (χ1) is 15.9. The Hall–Kier alpha value is -2.86. The Labute approximate surface area is 207 Å². The maximum absolute atomic E-state index is 12.9. The molecule has 1 amide bonds. The van der Waals surface area contributed by atoms with E-state index in [-0.39, 0.29) is 26.3 Å². The number of anilines is 3. The summed E-state index contributed by atoms with van der Waals surface area (Å²) < 4.78 is 53.3. The Bertz CT molecular complexity index is 1400. The smallest absolute Gasteiger partial charge is 0.261 e. The Balaban J connectivity index is 1.79. The second kappa shape index (κ2) is 10.2. The molecule has 3 aromatic rings. The Morgan fingerprint density at radius 1 is 1.00 bits per heavy atom. The number of amides is 1.